The van der Waals surface area contributed by atoms with Gasteiger partial charge in [0, 0.05) is 55.7 Å². The fourth-order valence-corrected chi connectivity index (χ4v) is 2.77. The van der Waals surface area contributed by atoms with E-state index in [4.69, 9.17) is 4.74 Å². The maximum atomic E-state index is 5.92. The van der Waals surface area contributed by atoms with Crippen LogP contribution < -0.4 is 0 Å². The number of hydrogen-bond donors (Lipinski definition) is 0. The number of aromatic nitrogens is 4. The fourth-order valence-electron chi connectivity index (χ4n) is 2.77. The second-order valence-corrected chi connectivity index (χ2v) is 6.15. The topological polar surface area (TPSA) is 48.1 Å². The maximum absolute atomic E-state index is 5.92. The number of rotatable bonds is 5. The van der Waals surface area contributed by atoms with Crippen LogP contribution in [0.4, 0.5) is 0 Å². The lowest BCUT2D eigenvalue weighted by Crippen LogP contribution is -2.37. The summed E-state index contributed by atoms with van der Waals surface area (Å²) in [6, 6.07) is 0.408. The van der Waals surface area contributed by atoms with E-state index in [1.54, 1.807) is 0 Å². The number of morpholine rings is 1. The van der Waals surface area contributed by atoms with Gasteiger partial charge in [0.05, 0.1) is 25.1 Å². The zero-order valence-corrected chi connectivity index (χ0v) is 13.6. The van der Waals surface area contributed by atoms with Gasteiger partial charge in [0.2, 0.25) is 0 Å². The van der Waals surface area contributed by atoms with Crippen molar-refractivity contribution < 1.29 is 4.74 Å². The van der Waals surface area contributed by atoms with Crippen molar-refractivity contribution in [1.29, 1.82) is 0 Å². The molecule has 2 aromatic rings. The van der Waals surface area contributed by atoms with Crippen LogP contribution >= 0.6 is 0 Å². The highest BCUT2D eigenvalue weighted by Crippen LogP contribution is 2.23. The van der Waals surface area contributed by atoms with Gasteiger partial charge >= 0.3 is 0 Å². The summed E-state index contributed by atoms with van der Waals surface area (Å²) in [6.45, 7) is 10.8. The highest BCUT2D eigenvalue weighted by Gasteiger charge is 2.23. The van der Waals surface area contributed by atoms with Gasteiger partial charge in [0.1, 0.15) is 0 Å². The van der Waals surface area contributed by atoms with Gasteiger partial charge in [-0.2, -0.15) is 10.2 Å². The first-order valence-corrected chi connectivity index (χ1v) is 8.05. The molecular weight excluding hydrogens is 278 g/mol. The molecule has 0 bridgehead atoms. The monoisotopic (exact) mass is 303 g/mol. The second-order valence-electron chi connectivity index (χ2n) is 6.15. The first-order chi connectivity index (χ1) is 10.7. The van der Waals surface area contributed by atoms with Gasteiger partial charge in [0.15, 0.2) is 0 Å². The lowest BCUT2D eigenvalue weighted by Gasteiger charge is -2.32. The average molecular weight is 303 g/mol. The molecule has 0 aromatic carbocycles. The highest BCUT2D eigenvalue weighted by atomic mass is 16.5. The summed E-state index contributed by atoms with van der Waals surface area (Å²) in [6.07, 6.45) is 8.25. The summed E-state index contributed by atoms with van der Waals surface area (Å²) in [5, 5.41) is 8.76. The van der Waals surface area contributed by atoms with E-state index in [0.717, 1.165) is 32.8 Å². The van der Waals surface area contributed by atoms with Crippen molar-refractivity contribution in [3.05, 3.63) is 35.9 Å². The SMILES string of the molecule is CCn1cc(C2CN(Cc3cnn(C(C)C)c3)CCO2)cn1. The van der Waals surface area contributed by atoms with Crippen molar-refractivity contribution in [2.75, 3.05) is 19.7 Å². The van der Waals surface area contributed by atoms with Crippen LogP contribution in [-0.4, -0.2) is 44.2 Å². The van der Waals surface area contributed by atoms with E-state index >= 15 is 0 Å². The molecule has 1 unspecified atom stereocenters. The van der Waals surface area contributed by atoms with Crippen molar-refractivity contribution >= 4 is 0 Å². The van der Waals surface area contributed by atoms with Crippen LogP contribution in [0.1, 0.15) is 44.0 Å². The smallest absolute Gasteiger partial charge is 0.0982 e. The summed E-state index contributed by atoms with van der Waals surface area (Å²) < 4.78 is 9.88. The third kappa shape index (κ3) is 3.39. The molecule has 0 N–H and O–H groups in total. The van der Waals surface area contributed by atoms with Crippen LogP contribution in [0.3, 0.4) is 0 Å². The Labute approximate surface area is 131 Å². The summed E-state index contributed by atoms with van der Waals surface area (Å²) in [5.74, 6) is 0. The van der Waals surface area contributed by atoms with Gasteiger partial charge in [-0.1, -0.05) is 0 Å². The number of hydrogen-bond acceptors (Lipinski definition) is 4. The zero-order valence-electron chi connectivity index (χ0n) is 13.6. The Kier molecular flexibility index (Phi) is 4.59. The standard InChI is InChI=1S/C16H25N5O/c1-4-20-11-15(8-17-20)16-12-19(5-6-22-16)9-14-7-18-21(10-14)13(2)3/h7-8,10-11,13,16H,4-6,9,12H2,1-3H3. The van der Waals surface area contributed by atoms with E-state index in [9.17, 15) is 0 Å². The lowest BCUT2D eigenvalue weighted by atomic mass is 10.1. The molecule has 1 saturated heterocycles. The van der Waals surface area contributed by atoms with E-state index in [-0.39, 0.29) is 6.10 Å². The number of nitrogens with zero attached hydrogens (tertiary/aromatic N) is 5. The molecule has 6 heteroatoms. The second kappa shape index (κ2) is 6.62. The molecule has 0 amide bonds. The van der Waals surface area contributed by atoms with E-state index < -0.39 is 0 Å². The number of ether oxygens (including phenoxy) is 1. The molecule has 0 aliphatic carbocycles. The van der Waals surface area contributed by atoms with Crippen LogP contribution in [0.15, 0.2) is 24.8 Å². The average Bonchev–Trinajstić information content (AvgIpc) is 3.16. The molecule has 3 rings (SSSR count). The fraction of sp³-hybridized carbons (Fsp3) is 0.625. The molecule has 1 atom stereocenters. The third-order valence-corrected chi connectivity index (χ3v) is 4.09. The van der Waals surface area contributed by atoms with Crippen LogP contribution in [0.5, 0.6) is 0 Å². The molecule has 1 fully saturated rings. The molecule has 2 aromatic heterocycles. The Morgan fingerprint density at radius 3 is 2.82 bits per heavy atom. The lowest BCUT2D eigenvalue weighted by molar-refractivity contribution is -0.0329. The Morgan fingerprint density at radius 1 is 1.27 bits per heavy atom. The zero-order chi connectivity index (χ0) is 15.5. The predicted octanol–water partition coefficient (Wildman–Crippen LogP) is 2.25. The molecule has 120 valence electrons. The first kappa shape index (κ1) is 15.2. The summed E-state index contributed by atoms with van der Waals surface area (Å²) >= 11 is 0. The molecule has 0 spiro atoms. The van der Waals surface area contributed by atoms with Crippen LogP contribution in [0.25, 0.3) is 0 Å². The van der Waals surface area contributed by atoms with Crippen LogP contribution in [0.2, 0.25) is 0 Å². The van der Waals surface area contributed by atoms with Gasteiger partial charge in [-0.05, 0) is 20.8 Å². The minimum Gasteiger partial charge on any atom is -0.371 e. The van der Waals surface area contributed by atoms with Gasteiger partial charge in [0.25, 0.3) is 0 Å². The summed E-state index contributed by atoms with van der Waals surface area (Å²) in [7, 11) is 0. The van der Waals surface area contributed by atoms with Crippen LogP contribution in [0, 0.1) is 0 Å². The van der Waals surface area contributed by atoms with Crippen molar-refractivity contribution in [2.45, 2.75) is 46.0 Å². The molecule has 3 heterocycles. The van der Waals surface area contributed by atoms with E-state index in [1.165, 1.54) is 11.1 Å². The van der Waals surface area contributed by atoms with Crippen molar-refractivity contribution in [2.24, 2.45) is 0 Å². The Bertz CT molecular complexity index is 603. The largest absolute Gasteiger partial charge is 0.371 e. The predicted molar refractivity (Wildman–Crippen MR) is 84.5 cm³/mol. The van der Waals surface area contributed by atoms with E-state index in [1.807, 2.05) is 21.8 Å². The molecular formula is C16H25N5O. The van der Waals surface area contributed by atoms with Crippen molar-refractivity contribution in [3.63, 3.8) is 0 Å². The van der Waals surface area contributed by atoms with Crippen molar-refractivity contribution in [1.82, 2.24) is 24.5 Å². The maximum Gasteiger partial charge on any atom is 0.0982 e. The molecule has 0 radical (unpaired) electrons. The molecule has 22 heavy (non-hydrogen) atoms. The molecule has 0 saturated carbocycles. The van der Waals surface area contributed by atoms with Crippen LogP contribution in [-0.2, 0) is 17.8 Å². The van der Waals surface area contributed by atoms with Gasteiger partial charge in [-0.25, -0.2) is 0 Å². The summed E-state index contributed by atoms with van der Waals surface area (Å²) in [5.41, 5.74) is 2.43. The number of aryl methyl sites for hydroxylation is 1. The third-order valence-electron chi connectivity index (χ3n) is 4.09. The Morgan fingerprint density at radius 2 is 2.14 bits per heavy atom. The first-order valence-electron chi connectivity index (χ1n) is 8.05. The Balaban J connectivity index is 1.62. The summed E-state index contributed by atoms with van der Waals surface area (Å²) in [4.78, 5) is 2.43. The van der Waals surface area contributed by atoms with E-state index in [0.29, 0.717) is 6.04 Å². The Hall–Kier alpha value is -1.66. The highest BCUT2D eigenvalue weighted by molar-refractivity contribution is 5.11. The van der Waals surface area contributed by atoms with Gasteiger partial charge < -0.3 is 4.74 Å². The minimum absolute atomic E-state index is 0.120. The van der Waals surface area contributed by atoms with Gasteiger partial charge in [-0.3, -0.25) is 14.3 Å². The molecule has 6 nitrogen and oxygen atoms in total. The quantitative estimate of drug-likeness (QED) is 0.850. The van der Waals surface area contributed by atoms with Gasteiger partial charge in [-0.15, -0.1) is 0 Å². The minimum atomic E-state index is 0.120. The molecule has 1 aliphatic rings. The normalized spacial score (nSPS) is 19.9. The molecule has 1 aliphatic heterocycles. The van der Waals surface area contributed by atoms with E-state index in [2.05, 4.69) is 48.3 Å². The van der Waals surface area contributed by atoms with Crippen molar-refractivity contribution in [3.8, 4) is 0 Å².